The van der Waals surface area contributed by atoms with E-state index in [1.807, 2.05) is 30.3 Å². The fourth-order valence-corrected chi connectivity index (χ4v) is 3.90. The van der Waals surface area contributed by atoms with Crippen LogP contribution in [0.2, 0.25) is 0 Å². The number of rotatable bonds is 4. The zero-order chi connectivity index (χ0) is 19.7. The summed E-state index contributed by atoms with van der Waals surface area (Å²) in [7, 11) is 2.89. The molecule has 1 amide bonds. The second-order valence-corrected chi connectivity index (χ2v) is 6.96. The van der Waals surface area contributed by atoms with E-state index in [1.54, 1.807) is 29.9 Å². The number of ether oxygens (including phenoxy) is 2. The summed E-state index contributed by atoms with van der Waals surface area (Å²) in [4.78, 5) is 29.1. The lowest BCUT2D eigenvalue weighted by atomic mass is 10.2. The van der Waals surface area contributed by atoms with Crippen molar-refractivity contribution in [2.45, 2.75) is 6.54 Å². The highest BCUT2D eigenvalue weighted by molar-refractivity contribution is 7.16. The Morgan fingerprint density at radius 2 is 1.96 bits per heavy atom. The van der Waals surface area contributed by atoms with Crippen LogP contribution >= 0.6 is 11.3 Å². The maximum absolute atomic E-state index is 12.7. The van der Waals surface area contributed by atoms with E-state index in [1.165, 1.54) is 18.4 Å². The highest BCUT2D eigenvalue weighted by atomic mass is 32.1. The third kappa shape index (κ3) is 3.29. The molecule has 0 aliphatic rings. The molecule has 2 aromatic carbocycles. The number of carbonyl (C=O) groups excluding carboxylic acids is 2. The van der Waals surface area contributed by atoms with Gasteiger partial charge in [-0.25, -0.2) is 0 Å². The van der Waals surface area contributed by atoms with Gasteiger partial charge in [0.1, 0.15) is 17.9 Å². The van der Waals surface area contributed by atoms with Crippen LogP contribution in [0.15, 0.2) is 57.9 Å². The van der Waals surface area contributed by atoms with E-state index >= 15 is 0 Å². The van der Waals surface area contributed by atoms with Gasteiger partial charge in [0.2, 0.25) is 0 Å². The van der Waals surface area contributed by atoms with Gasteiger partial charge in [0.25, 0.3) is 0 Å². The van der Waals surface area contributed by atoms with Crippen molar-refractivity contribution in [2.24, 2.45) is 4.99 Å². The maximum Gasteiger partial charge on any atom is 0.325 e. The van der Waals surface area contributed by atoms with Crippen molar-refractivity contribution in [1.82, 2.24) is 4.57 Å². The molecule has 28 heavy (non-hydrogen) atoms. The van der Waals surface area contributed by atoms with Crippen LogP contribution in [0.1, 0.15) is 10.6 Å². The number of fused-ring (bicyclic) bond motifs is 2. The van der Waals surface area contributed by atoms with Gasteiger partial charge < -0.3 is 18.5 Å². The summed E-state index contributed by atoms with van der Waals surface area (Å²) >= 11 is 1.28. The van der Waals surface area contributed by atoms with Gasteiger partial charge >= 0.3 is 11.9 Å². The fraction of sp³-hybridized carbons (Fsp3) is 0.150. The van der Waals surface area contributed by atoms with Crippen molar-refractivity contribution in [3.63, 3.8) is 0 Å². The first-order valence-corrected chi connectivity index (χ1v) is 9.22. The van der Waals surface area contributed by atoms with Gasteiger partial charge in [0, 0.05) is 5.39 Å². The van der Waals surface area contributed by atoms with Crippen molar-refractivity contribution < 1.29 is 23.5 Å². The Kier molecular flexibility index (Phi) is 4.70. The molecule has 0 aliphatic heterocycles. The van der Waals surface area contributed by atoms with Crippen LogP contribution in [0.5, 0.6) is 5.75 Å². The van der Waals surface area contributed by atoms with Gasteiger partial charge in [-0.3, -0.25) is 9.59 Å². The Balaban J connectivity index is 1.84. The highest BCUT2D eigenvalue weighted by Crippen LogP contribution is 2.24. The minimum atomic E-state index is -0.520. The Morgan fingerprint density at radius 3 is 2.71 bits per heavy atom. The predicted molar refractivity (Wildman–Crippen MR) is 104 cm³/mol. The predicted octanol–water partition coefficient (Wildman–Crippen LogP) is 3.37. The van der Waals surface area contributed by atoms with Crippen molar-refractivity contribution in [1.29, 1.82) is 0 Å². The average molecular weight is 396 g/mol. The Bertz CT molecular complexity index is 1230. The molecule has 2 heterocycles. The summed E-state index contributed by atoms with van der Waals surface area (Å²) in [6.45, 7) is -0.0604. The minimum absolute atomic E-state index is 0.0604. The van der Waals surface area contributed by atoms with Gasteiger partial charge in [-0.1, -0.05) is 29.5 Å². The van der Waals surface area contributed by atoms with Gasteiger partial charge in [-0.15, -0.1) is 0 Å². The molecular formula is C20H16N2O5S. The van der Waals surface area contributed by atoms with Crippen LogP contribution in [-0.2, 0) is 16.1 Å². The Morgan fingerprint density at radius 1 is 1.14 bits per heavy atom. The first-order valence-electron chi connectivity index (χ1n) is 8.41. The number of amides is 1. The Hall–Kier alpha value is -3.39. The molecule has 0 aliphatic carbocycles. The molecule has 4 rings (SSSR count). The van der Waals surface area contributed by atoms with Crippen molar-refractivity contribution in [3.8, 4) is 5.75 Å². The quantitative estimate of drug-likeness (QED) is 0.494. The molecule has 0 saturated carbocycles. The van der Waals surface area contributed by atoms with Crippen LogP contribution < -0.4 is 9.54 Å². The molecule has 0 saturated heterocycles. The third-order valence-corrected chi connectivity index (χ3v) is 5.28. The number of hydrogen-bond acceptors (Lipinski definition) is 6. The van der Waals surface area contributed by atoms with Crippen LogP contribution in [0.4, 0.5) is 0 Å². The molecule has 142 valence electrons. The van der Waals surface area contributed by atoms with E-state index in [2.05, 4.69) is 4.99 Å². The smallest absolute Gasteiger partial charge is 0.325 e. The summed E-state index contributed by atoms with van der Waals surface area (Å²) in [5.74, 6) is -0.142. The number of furan rings is 1. The summed E-state index contributed by atoms with van der Waals surface area (Å²) in [5, 5.41) is 0.824. The monoisotopic (exact) mass is 396 g/mol. The molecule has 0 radical (unpaired) electrons. The summed E-state index contributed by atoms with van der Waals surface area (Å²) in [5.41, 5.74) is 1.37. The van der Waals surface area contributed by atoms with E-state index < -0.39 is 11.9 Å². The zero-order valence-electron chi connectivity index (χ0n) is 15.2. The topological polar surface area (TPSA) is 83.0 Å². The molecule has 7 nitrogen and oxygen atoms in total. The van der Waals surface area contributed by atoms with E-state index in [0.717, 1.165) is 15.6 Å². The number of hydrogen-bond donors (Lipinski definition) is 0. The normalized spacial score (nSPS) is 11.9. The first-order chi connectivity index (χ1) is 13.6. The van der Waals surface area contributed by atoms with Crippen molar-refractivity contribution in [2.75, 3.05) is 14.2 Å². The highest BCUT2D eigenvalue weighted by Gasteiger charge is 2.15. The summed E-state index contributed by atoms with van der Waals surface area (Å²) in [6, 6.07) is 14.4. The molecular weight excluding hydrogens is 380 g/mol. The Labute approximate surface area is 163 Å². The SMILES string of the molecule is COC(=O)Cn1c(=NC(=O)c2cc3ccccc3o2)sc2cc(OC)ccc21. The number of para-hydroxylation sites is 1. The van der Waals surface area contributed by atoms with Gasteiger partial charge in [-0.05, 0) is 30.3 Å². The number of thiazole rings is 1. The van der Waals surface area contributed by atoms with Crippen LogP contribution in [0, 0.1) is 0 Å². The molecule has 0 N–H and O–H groups in total. The number of aromatic nitrogens is 1. The molecule has 0 spiro atoms. The van der Waals surface area contributed by atoms with Crippen LogP contribution in [-0.4, -0.2) is 30.7 Å². The lowest BCUT2D eigenvalue weighted by Crippen LogP contribution is -2.22. The summed E-state index contributed by atoms with van der Waals surface area (Å²) < 4.78 is 18.1. The molecule has 0 bridgehead atoms. The number of nitrogens with zero attached hydrogens (tertiary/aromatic N) is 2. The average Bonchev–Trinajstić information content (AvgIpc) is 3.29. The maximum atomic E-state index is 12.7. The van der Waals surface area contributed by atoms with Crippen molar-refractivity contribution >= 4 is 44.4 Å². The molecule has 0 atom stereocenters. The van der Waals surface area contributed by atoms with E-state index in [9.17, 15) is 9.59 Å². The molecule has 8 heteroatoms. The standard InChI is InChI=1S/C20H16N2O5S/c1-25-13-7-8-14-17(10-13)28-20(22(14)11-18(23)26-2)21-19(24)16-9-12-5-3-4-6-15(12)27-16/h3-10H,11H2,1-2H3. The molecule has 2 aromatic heterocycles. The largest absolute Gasteiger partial charge is 0.497 e. The minimum Gasteiger partial charge on any atom is -0.497 e. The second-order valence-electron chi connectivity index (χ2n) is 5.95. The number of methoxy groups -OCH3 is 2. The first kappa shape index (κ1) is 18.0. The molecule has 0 unspecified atom stereocenters. The van der Waals surface area contributed by atoms with Gasteiger partial charge in [0.15, 0.2) is 10.6 Å². The van der Waals surface area contributed by atoms with E-state index in [-0.39, 0.29) is 12.3 Å². The fourth-order valence-electron chi connectivity index (χ4n) is 2.84. The number of benzene rings is 2. The number of esters is 1. The molecule has 0 fully saturated rings. The number of carbonyl (C=O) groups is 2. The lowest BCUT2D eigenvalue weighted by molar-refractivity contribution is -0.141. The zero-order valence-corrected chi connectivity index (χ0v) is 16.0. The van der Waals surface area contributed by atoms with Gasteiger partial charge in [-0.2, -0.15) is 4.99 Å². The lowest BCUT2D eigenvalue weighted by Gasteiger charge is -2.04. The summed E-state index contributed by atoms with van der Waals surface area (Å²) in [6.07, 6.45) is 0. The van der Waals surface area contributed by atoms with E-state index in [0.29, 0.717) is 16.1 Å². The van der Waals surface area contributed by atoms with E-state index in [4.69, 9.17) is 13.9 Å². The van der Waals surface area contributed by atoms with Crippen LogP contribution in [0.25, 0.3) is 21.2 Å². The second kappa shape index (κ2) is 7.32. The molecule has 4 aromatic rings. The van der Waals surface area contributed by atoms with Gasteiger partial charge in [0.05, 0.1) is 24.4 Å². The third-order valence-electron chi connectivity index (χ3n) is 4.24. The van der Waals surface area contributed by atoms with Crippen molar-refractivity contribution in [3.05, 3.63) is 59.1 Å². The van der Waals surface area contributed by atoms with Crippen LogP contribution in [0.3, 0.4) is 0 Å².